The number of sulfonamides is 1. The third-order valence-corrected chi connectivity index (χ3v) is 9.55. The Morgan fingerprint density at radius 2 is 1.94 bits per heavy atom. The lowest BCUT2D eigenvalue weighted by atomic mass is 10.0. The van der Waals surface area contributed by atoms with Gasteiger partial charge in [0.05, 0.1) is 11.7 Å². The lowest BCUT2D eigenvalue weighted by Gasteiger charge is -2.20. The number of hydrogen-bond donors (Lipinski definition) is 4. The maximum Gasteiger partial charge on any atom is 0.253 e. The van der Waals surface area contributed by atoms with Crippen molar-refractivity contribution < 1.29 is 18.1 Å². The van der Waals surface area contributed by atoms with Crippen LogP contribution in [0.1, 0.15) is 42.1 Å². The Labute approximate surface area is 192 Å². The maximum absolute atomic E-state index is 12.2. The highest BCUT2D eigenvalue weighted by Gasteiger charge is 2.27. The first-order chi connectivity index (χ1) is 14.5. The molecular weight excluding hydrogens is 478 g/mol. The molecule has 3 rings (SSSR count). The molecule has 0 amide bonds. The first-order valence-electron chi connectivity index (χ1n) is 9.53. The minimum absolute atomic E-state index is 0.0842. The van der Waals surface area contributed by atoms with Crippen molar-refractivity contribution in [2.75, 3.05) is 17.2 Å². The Bertz CT molecular complexity index is 1150. The molecule has 0 aliphatic heterocycles. The first-order valence-corrected chi connectivity index (χ1v) is 13.8. The van der Waals surface area contributed by atoms with E-state index < -0.39 is 26.9 Å². The second-order valence-electron chi connectivity index (χ2n) is 7.28. The molecule has 0 aliphatic rings. The fourth-order valence-corrected chi connectivity index (χ4v) is 7.12. The molecule has 4 N–H and O–H groups in total. The number of nitrogens with one attached hydrogen (secondary N) is 3. The molecule has 13 heteroatoms. The van der Waals surface area contributed by atoms with Crippen LogP contribution < -0.4 is 15.4 Å². The Balaban J connectivity index is 1.90. The number of rotatable bonds is 9. The van der Waals surface area contributed by atoms with Gasteiger partial charge in [0.1, 0.15) is 0 Å². The van der Waals surface area contributed by atoms with Gasteiger partial charge >= 0.3 is 0 Å². The van der Waals surface area contributed by atoms with Gasteiger partial charge < -0.3 is 20.3 Å². The predicted octanol–water partition coefficient (Wildman–Crippen LogP) is 4.50. The van der Waals surface area contributed by atoms with E-state index in [0.29, 0.717) is 5.82 Å². The monoisotopic (exact) mass is 503 g/mol. The molecule has 170 valence electrons. The van der Waals surface area contributed by atoms with Crippen LogP contribution >= 0.6 is 33.8 Å². The lowest BCUT2D eigenvalue weighted by Crippen LogP contribution is -2.22. The van der Waals surface area contributed by atoms with Gasteiger partial charge in [-0.15, -0.1) is 22.7 Å². The van der Waals surface area contributed by atoms with Crippen LogP contribution in [0.4, 0.5) is 17.3 Å². The van der Waals surface area contributed by atoms with Gasteiger partial charge in [-0.3, -0.25) is 0 Å². The van der Waals surface area contributed by atoms with Crippen molar-refractivity contribution in [1.82, 2.24) is 13.5 Å². The highest BCUT2D eigenvalue weighted by atomic mass is 32.2. The molecule has 0 fully saturated rings. The number of aromatic hydroxyl groups is 1. The summed E-state index contributed by atoms with van der Waals surface area (Å²) in [5.74, 6) is 0.259. The number of hydrogen-bond acceptors (Lipinski definition) is 10. The van der Waals surface area contributed by atoms with Gasteiger partial charge in [0, 0.05) is 30.4 Å². The van der Waals surface area contributed by atoms with E-state index in [1.54, 1.807) is 18.3 Å². The summed E-state index contributed by atoms with van der Waals surface area (Å²) in [7, 11) is -3.81. The normalized spacial score (nSPS) is 13.6. The minimum Gasteiger partial charge on any atom is -0.546 e. The number of nitrogens with zero attached hydrogens (tertiary/aromatic N) is 2. The highest BCUT2D eigenvalue weighted by Crippen LogP contribution is 2.41. The summed E-state index contributed by atoms with van der Waals surface area (Å²) in [4.78, 5) is 2.35. The molecule has 0 bridgehead atoms. The first kappa shape index (κ1) is 23.9. The van der Waals surface area contributed by atoms with Crippen molar-refractivity contribution in [3.63, 3.8) is 0 Å². The van der Waals surface area contributed by atoms with Crippen molar-refractivity contribution in [3.05, 3.63) is 26.8 Å². The van der Waals surface area contributed by atoms with Gasteiger partial charge in [0.25, 0.3) is 10.0 Å². The number of anilines is 3. The molecule has 9 nitrogen and oxygen atoms in total. The van der Waals surface area contributed by atoms with E-state index in [1.807, 2.05) is 0 Å². The van der Waals surface area contributed by atoms with Crippen molar-refractivity contribution in [3.8, 4) is 5.75 Å². The fraction of sp³-hybridized carbons (Fsp3) is 0.444. The SMILES string of the molecule is CCNS(=O)(=O)c1scc(Nc2n[s+]([O-])nc2N[C@@H](c2cc(C)c(C)s2)C(C)C)c1O. The zero-order chi connectivity index (χ0) is 22.9. The summed E-state index contributed by atoms with van der Waals surface area (Å²) in [6, 6.07) is 2.04. The second-order valence-corrected chi connectivity index (χ2v) is 12.2. The van der Waals surface area contributed by atoms with Crippen LogP contribution in [0.15, 0.2) is 15.7 Å². The molecule has 2 atom stereocenters. The largest absolute Gasteiger partial charge is 0.546 e. The minimum atomic E-state index is -3.81. The predicted molar refractivity (Wildman–Crippen MR) is 126 cm³/mol. The Hall–Kier alpha value is -1.77. The summed E-state index contributed by atoms with van der Waals surface area (Å²) in [6.45, 7) is 10.1. The highest BCUT2D eigenvalue weighted by molar-refractivity contribution is 7.91. The van der Waals surface area contributed by atoms with Gasteiger partial charge in [-0.1, -0.05) is 20.8 Å². The van der Waals surface area contributed by atoms with E-state index >= 15 is 0 Å². The van der Waals surface area contributed by atoms with Gasteiger partial charge in [0.15, 0.2) is 21.1 Å². The van der Waals surface area contributed by atoms with E-state index in [9.17, 15) is 18.1 Å². The second kappa shape index (κ2) is 9.38. The topological polar surface area (TPSA) is 139 Å². The Morgan fingerprint density at radius 3 is 2.52 bits per heavy atom. The van der Waals surface area contributed by atoms with E-state index in [2.05, 4.69) is 57.9 Å². The molecule has 3 heterocycles. The van der Waals surface area contributed by atoms with Crippen LogP contribution in [0, 0.1) is 19.8 Å². The molecule has 0 saturated heterocycles. The maximum atomic E-state index is 12.2. The van der Waals surface area contributed by atoms with Gasteiger partial charge in [0.2, 0.25) is 11.6 Å². The van der Waals surface area contributed by atoms with E-state index in [4.69, 9.17) is 0 Å². The molecule has 3 aromatic rings. The van der Waals surface area contributed by atoms with Crippen molar-refractivity contribution >= 4 is 61.2 Å². The lowest BCUT2D eigenvalue weighted by molar-refractivity contribution is 0.465. The molecule has 3 aromatic heterocycles. The average molecular weight is 504 g/mol. The number of thiophene rings is 2. The summed E-state index contributed by atoms with van der Waals surface area (Å²) >= 11 is 0.747. The van der Waals surface area contributed by atoms with Crippen molar-refractivity contribution in [1.29, 1.82) is 0 Å². The van der Waals surface area contributed by atoms with Crippen LogP contribution in [0.5, 0.6) is 5.75 Å². The van der Waals surface area contributed by atoms with Crippen LogP contribution in [0.2, 0.25) is 0 Å². The molecule has 31 heavy (non-hydrogen) atoms. The molecular formula is C18H25N5O4S4. The molecule has 0 aromatic carbocycles. The van der Waals surface area contributed by atoms with E-state index in [1.165, 1.54) is 15.8 Å². The van der Waals surface area contributed by atoms with Crippen LogP contribution in [0.3, 0.4) is 0 Å². The summed E-state index contributed by atoms with van der Waals surface area (Å²) in [6.07, 6.45) is 0. The van der Waals surface area contributed by atoms with Crippen LogP contribution in [-0.2, 0) is 10.0 Å². The van der Waals surface area contributed by atoms with E-state index in [-0.39, 0.29) is 34.2 Å². The van der Waals surface area contributed by atoms with Crippen LogP contribution in [0.25, 0.3) is 0 Å². The Kier molecular flexibility index (Phi) is 7.23. The molecule has 0 spiro atoms. The zero-order valence-electron chi connectivity index (χ0n) is 17.7. The molecule has 1 unspecified atom stereocenters. The van der Waals surface area contributed by atoms with Gasteiger partial charge in [-0.2, -0.15) is 0 Å². The number of aryl methyl sites for hydroxylation is 2. The van der Waals surface area contributed by atoms with Gasteiger partial charge in [-0.05, 0) is 31.4 Å². The van der Waals surface area contributed by atoms with Crippen molar-refractivity contribution in [2.24, 2.45) is 5.92 Å². The molecule has 0 saturated carbocycles. The summed E-state index contributed by atoms with van der Waals surface area (Å²) in [5.41, 5.74) is 1.35. The smallest absolute Gasteiger partial charge is 0.253 e. The molecule has 0 aliphatic carbocycles. The summed E-state index contributed by atoms with van der Waals surface area (Å²) < 4.78 is 46.7. The quantitative estimate of drug-likeness (QED) is 0.313. The zero-order valence-corrected chi connectivity index (χ0v) is 21.0. The fourth-order valence-electron chi connectivity index (χ4n) is 2.90. The third-order valence-electron chi connectivity index (χ3n) is 4.58. The van der Waals surface area contributed by atoms with Gasteiger partial charge in [-0.25, -0.2) is 13.1 Å². The van der Waals surface area contributed by atoms with Crippen molar-refractivity contribution in [2.45, 2.75) is 44.9 Å². The van der Waals surface area contributed by atoms with E-state index in [0.717, 1.165) is 16.2 Å². The summed E-state index contributed by atoms with van der Waals surface area (Å²) in [5, 5.41) is 18.1. The Morgan fingerprint density at radius 1 is 1.26 bits per heavy atom. The standard InChI is InChI=1S/C18H25N5O4S4/c1-6-19-31(26,27)18-15(24)12(8-28-18)20-16-17(23-30(25)22-16)21-14(9(2)3)13-7-10(4)11(5)29-13/h7-9,14,19,24H,6H2,1-5H3,(H,20,22)(H,21,23)/t14-,30?/m1/s1. The third kappa shape index (κ3) is 5.18. The number of aromatic nitrogens is 2. The van der Waals surface area contributed by atoms with Crippen LogP contribution in [-0.4, -0.2) is 33.4 Å². The molecule has 0 radical (unpaired) electrons. The average Bonchev–Trinajstić information content (AvgIpc) is 3.31.